The highest BCUT2D eigenvalue weighted by atomic mass is 127. The predicted octanol–water partition coefficient (Wildman–Crippen LogP) is 3.74. The average Bonchev–Trinajstić information content (AvgIpc) is 1.63. The molecule has 0 aromatic rings. The lowest BCUT2D eigenvalue weighted by molar-refractivity contribution is 1.07. The average molecular weight is 299 g/mol. The lowest BCUT2D eigenvalue weighted by atomic mass is 10.4. The Morgan fingerprint density at radius 3 is 2.11 bits per heavy atom. The second-order valence-electron chi connectivity index (χ2n) is 1.45. The van der Waals surface area contributed by atoms with E-state index in [0.717, 1.165) is 4.43 Å². The van der Waals surface area contributed by atoms with Crippen molar-refractivity contribution in [3.8, 4) is 0 Å². The molecule has 0 aliphatic rings. The van der Waals surface area contributed by atoms with Crippen LogP contribution in [0.2, 0.25) is 0 Å². The molecule has 0 heterocycles. The Labute approximate surface area is 83.7 Å². The fourth-order valence-electron chi connectivity index (χ4n) is 0.280. The summed E-state index contributed by atoms with van der Waals surface area (Å²) in [5, 5.41) is 0. The van der Waals surface area contributed by atoms with E-state index in [0.29, 0.717) is 6.42 Å². The highest BCUT2D eigenvalue weighted by molar-refractivity contribution is 14.1. The molecule has 0 N–H and O–H groups in total. The molecule has 0 saturated carbocycles. The molecule has 0 radical (unpaired) electrons. The van der Waals surface area contributed by atoms with Gasteiger partial charge < -0.3 is 0 Å². The first kappa shape index (κ1) is 10.3. The van der Waals surface area contributed by atoms with Crippen molar-refractivity contribution < 1.29 is 0 Å². The normalized spacial score (nSPS) is 12.9. The molecular weight excluding hydrogens is 293 g/mol. The molecule has 0 saturated heterocycles. The highest BCUT2D eigenvalue weighted by Gasteiger charge is 2.16. The molecule has 0 bridgehead atoms. The van der Waals surface area contributed by atoms with Crippen molar-refractivity contribution in [2.45, 2.75) is 10.2 Å². The van der Waals surface area contributed by atoms with Crippen LogP contribution in [0.3, 0.4) is 0 Å². The van der Waals surface area contributed by atoms with E-state index in [4.69, 9.17) is 34.8 Å². The van der Waals surface area contributed by atoms with Crippen LogP contribution in [0, 0.1) is 0 Å². The van der Waals surface area contributed by atoms with Crippen LogP contribution < -0.4 is 0 Å². The van der Waals surface area contributed by atoms with E-state index in [2.05, 4.69) is 22.6 Å². The van der Waals surface area contributed by atoms with Gasteiger partial charge in [-0.15, -0.1) is 0 Å². The van der Waals surface area contributed by atoms with Gasteiger partial charge in [-0.25, -0.2) is 0 Å². The molecule has 0 unspecified atom stereocenters. The minimum Gasteiger partial charge on any atom is -0.0835 e. The summed E-state index contributed by atoms with van der Waals surface area (Å²) in [5.41, 5.74) is 0. The zero-order valence-electron chi connectivity index (χ0n) is 4.58. The summed E-state index contributed by atoms with van der Waals surface area (Å²) in [6.07, 6.45) is 4.31. The van der Waals surface area contributed by atoms with Gasteiger partial charge in [0.25, 0.3) is 0 Å². The Kier molecular flexibility index (Phi) is 5.80. The molecule has 0 aromatic heterocycles. The van der Waals surface area contributed by atoms with Crippen molar-refractivity contribution in [3.05, 3.63) is 12.2 Å². The summed E-state index contributed by atoms with van der Waals surface area (Å²) in [4.78, 5) is 0. The van der Waals surface area contributed by atoms with Crippen molar-refractivity contribution >= 4 is 57.4 Å². The molecule has 0 aliphatic heterocycles. The van der Waals surface area contributed by atoms with E-state index in [1.54, 1.807) is 0 Å². The Hall–Kier alpha value is 1.34. The maximum Gasteiger partial charge on any atom is 0.194 e. The van der Waals surface area contributed by atoms with Crippen molar-refractivity contribution in [2.24, 2.45) is 0 Å². The van der Waals surface area contributed by atoms with Crippen LogP contribution >= 0.6 is 57.4 Å². The first-order valence-corrected chi connectivity index (χ1v) is 5.00. The molecule has 4 heteroatoms. The zero-order chi connectivity index (χ0) is 7.33. The molecule has 0 spiro atoms. The molecule has 0 rings (SSSR count). The predicted molar refractivity (Wildman–Crippen MR) is 52.9 cm³/mol. The van der Waals surface area contributed by atoms with Gasteiger partial charge in [-0.05, 0) is 0 Å². The van der Waals surface area contributed by atoms with Gasteiger partial charge in [-0.3, -0.25) is 0 Å². The highest BCUT2D eigenvalue weighted by Crippen LogP contribution is 2.30. The van der Waals surface area contributed by atoms with Crippen LogP contribution in [0.4, 0.5) is 0 Å². The van der Waals surface area contributed by atoms with Gasteiger partial charge in [0.1, 0.15) is 0 Å². The third-order valence-corrected chi connectivity index (χ3v) is 1.58. The molecular formula is C5H6Cl3I. The summed E-state index contributed by atoms with van der Waals surface area (Å²) in [5.74, 6) is 0. The van der Waals surface area contributed by atoms with Gasteiger partial charge in [-0.2, -0.15) is 0 Å². The monoisotopic (exact) mass is 298 g/mol. The van der Waals surface area contributed by atoms with Gasteiger partial charge in [0.2, 0.25) is 0 Å². The van der Waals surface area contributed by atoms with Crippen molar-refractivity contribution in [1.29, 1.82) is 0 Å². The summed E-state index contributed by atoms with van der Waals surface area (Å²) in [7, 11) is 0. The number of hydrogen-bond donors (Lipinski definition) is 0. The Morgan fingerprint density at radius 2 is 1.78 bits per heavy atom. The number of rotatable bonds is 2. The van der Waals surface area contributed by atoms with Gasteiger partial charge in [0.05, 0.1) is 0 Å². The van der Waals surface area contributed by atoms with E-state index in [-0.39, 0.29) is 0 Å². The number of hydrogen-bond acceptors (Lipinski definition) is 0. The second-order valence-corrected chi connectivity index (χ2v) is 4.84. The SMILES string of the molecule is ClC(Cl)(Cl)C/C=C/CI. The largest absolute Gasteiger partial charge is 0.194 e. The molecule has 0 atom stereocenters. The first-order valence-electron chi connectivity index (χ1n) is 2.34. The van der Waals surface area contributed by atoms with Crippen LogP contribution in [0.25, 0.3) is 0 Å². The van der Waals surface area contributed by atoms with E-state index >= 15 is 0 Å². The van der Waals surface area contributed by atoms with Crippen molar-refractivity contribution in [1.82, 2.24) is 0 Å². The third kappa shape index (κ3) is 9.34. The number of halogens is 4. The van der Waals surface area contributed by atoms with Crippen molar-refractivity contribution in [2.75, 3.05) is 4.43 Å². The quantitative estimate of drug-likeness (QED) is 0.414. The van der Waals surface area contributed by atoms with Gasteiger partial charge in [0, 0.05) is 10.8 Å². The summed E-state index contributed by atoms with van der Waals surface area (Å²) in [6, 6.07) is 0. The maximum atomic E-state index is 5.45. The van der Waals surface area contributed by atoms with Crippen LogP contribution in [0.1, 0.15) is 6.42 Å². The molecule has 9 heavy (non-hydrogen) atoms. The third-order valence-electron chi connectivity index (χ3n) is 0.605. The van der Waals surface area contributed by atoms with E-state index < -0.39 is 3.79 Å². The Balaban J connectivity index is 3.38. The minimum absolute atomic E-state index is 0.487. The zero-order valence-corrected chi connectivity index (χ0v) is 9.01. The molecule has 54 valence electrons. The summed E-state index contributed by atoms with van der Waals surface area (Å²) >= 11 is 18.6. The minimum atomic E-state index is -1.12. The lowest BCUT2D eigenvalue weighted by Crippen LogP contribution is -1.97. The van der Waals surface area contributed by atoms with Crippen LogP contribution in [0.5, 0.6) is 0 Å². The van der Waals surface area contributed by atoms with E-state index in [1.165, 1.54) is 0 Å². The fraction of sp³-hybridized carbons (Fsp3) is 0.600. The van der Waals surface area contributed by atoms with Crippen LogP contribution in [-0.4, -0.2) is 8.22 Å². The topological polar surface area (TPSA) is 0 Å². The molecule has 0 fully saturated rings. The van der Waals surface area contributed by atoms with Crippen LogP contribution in [-0.2, 0) is 0 Å². The Morgan fingerprint density at radius 1 is 1.22 bits per heavy atom. The summed E-state index contributed by atoms with van der Waals surface area (Å²) in [6.45, 7) is 0. The standard InChI is InChI=1S/C5H6Cl3I/c6-5(7,8)3-1-2-4-9/h1-2H,3-4H2/b2-1+. The van der Waals surface area contributed by atoms with Crippen molar-refractivity contribution in [3.63, 3.8) is 0 Å². The molecule has 0 aromatic carbocycles. The fourth-order valence-corrected chi connectivity index (χ4v) is 0.907. The maximum absolute atomic E-state index is 5.45. The van der Waals surface area contributed by atoms with Crippen LogP contribution in [0.15, 0.2) is 12.2 Å². The number of allylic oxidation sites excluding steroid dienone is 2. The second kappa shape index (κ2) is 5.05. The van der Waals surface area contributed by atoms with Gasteiger partial charge in [0.15, 0.2) is 3.79 Å². The van der Waals surface area contributed by atoms with Gasteiger partial charge in [-0.1, -0.05) is 69.5 Å². The summed E-state index contributed by atoms with van der Waals surface area (Å²) < 4.78 is -0.166. The first-order chi connectivity index (χ1) is 4.06. The smallest absolute Gasteiger partial charge is 0.0835 e. The Bertz CT molecular complexity index is 94.9. The molecule has 0 nitrogen and oxygen atoms in total. The molecule has 0 aliphatic carbocycles. The number of alkyl halides is 4. The van der Waals surface area contributed by atoms with E-state index in [9.17, 15) is 0 Å². The lowest BCUT2D eigenvalue weighted by Gasteiger charge is -2.04. The van der Waals surface area contributed by atoms with Gasteiger partial charge >= 0.3 is 0 Å². The molecule has 0 amide bonds. The van der Waals surface area contributed by atoms with E-state index in [1.807, 2.05) is 12.2 Å².